The van der Waals surface area contributed by atoms with E-state index in [9.17, 15) is 20.1 Å². The second kappa shape index (κ2) is 23.4. The number of ether oxygens (including phenoxy) is 5. The highest BCUT2D eigenvalue weighted by Gasteiger charge is 2.45. The Bertz CT molecular complexity index is 2120. The summed E-state index contributed by atoms with van der Waals surface area (Å²) in [7, 11) is 0. The molecule has 7 heterocycles. The van der Waals surface area contributed by atoms with Gasteiger partial charge in [-0.25, -0.2) is 9.97 Å². The Hall–Kier alpha value is -3.47. The van der Waals surface area contributed by atoms with Crippen molar-refractivity contribution in [2.45, 2.75) is 192 Å². The van der Waals surface area contributed by atoms with E-state index in [2.05, 4.69) is 55.4 Å². The number of rotatable bonds is 10. The maximum Gasteiger partial charge on any atom is 0.306 e. The van der Waals surface area contributed by atoms with Crippen molar-refractivity contribution in [2.24, 2.45) is 23.7 Å². The normalized spacial score (nSPS) is 36.6. The lowest BCUT2D eigenvalue weighted by atomic mass is 9.79. The van der Waals surface area contributed by atoms with Crippen LogP contribution in [0.25, 0.3) is 12.2 Å². The van der Waals surface area contributed by atoms with Crippen molar-refractivity contribution in [3.63, 3.8) is 0 Å². The Morgan fingerprint density at radius 1 is 1.01 bits per heavy atom. The number of hydrogen-bond acceptors (Lipinski definition) is 13. The molecule has 368 valence electrons. The van der Waals surface area contributed by atoms with Crippen LogP contribution in [0.3, 0.4) is 0 Å². The molecular formula is C53H73BrN2O11. The summed E-state index contributed by atoms with van der Waals surface area (Å²) in [4.78, 5) is 25.0. The molecule has 8 bridgehead atoms. The van der Waals surface area contributed by atoms with Crippen LogP contribution in [0, 0.1) is 23.7 Å². The summed E-state index contributed by atoms with van der Waals surface area (Å²) in [6, 6.07) is 0. The average Bonchev–Trinajstić information content (AvgIpc) is 3.92. The van der Waals surface area contributed by atoms with Gasteiger partial charge in [-0.1, -0.05) is 91.7 Å². The van der Waals surface area contributed by atoms with Crippen LogP contribution in [-0.4, -0.2) is 92.0 Å². The molecule has 4 saturated heterocycles. The molecule has 7 rings (SSSR count). The fraction of sp³-hybridized carbons (Fsp3) is 0.642. The van der Waals surface area contributed by atoms with E-state index in [0.29, 0.717) is 80.5 Å². The Kier molecular flexibility index (Phi) is 18.0. The molecule has 2 aromatic rings. The SMILES string of the molecule is C=C1C[C@@H]2C[C@@H]3C[C@@H](O)C[C@@H](O3)c3coc(n3)/C=C/C[C@H]3O[C@@H](/C(C)=C/c4coc(C[C@]5(O)C[C@H](C)C[C@H]([C@H](O)/C=C(C)/C=C/[C@H](C)C/C=C/Br)O5)n4)[C@H](C)[C@@H](OC(=O)CCC[C@@H](C1)O2)[C@H]3C. The number of halogens is 1. The minimum atomic E-state index is -1.58. The lowest BCUT2D eigenvalue weighted by molar-refractivity contribution is -0.276. The highest BCUT2D eigenvalue weighted by Crippen LogP contribution is 2.40. The summed E-state index contributed by atoms with van der Waals surface area (Å²) in [5.41, 5.74) is 4.12. The summed E-state index contributed by atoms with van der Waals surface area (Å²) in [6.07, 6.45) is 20.0. The molecule has 0 aliphatic carbocycles. The summed E-state index contributed by atoms with van der Waals surface area (Å²) >= 11 is 3.32. The number of carbonyl (C=O) groups is 1. The van der Waals surface area contributed by atoms with Crippen LogP contribution < -0.4 is 0 Å². The minimum Gasteiger partial charge on any atom is -0.462 e. The van der Waals surface area contributed by atoms with Crippen LogP contribution in [0.4, 0.5) is 0 Å². The lowest BCUT2D eigenvalue weighted by Crippen LogP contribution is -2.51. The molecule has 0 unspecified atom stereocenters. The van der Waals surface area contributed by atoms with Gasteiger partial charge in [0.1, 0.15) is 36.1 Å². The molecule has 2 aromatic heterocycles. The van der Waals surface area contributed by atoms with E-state index in [4.69, 9.17) is 42.5 Å². The topological polar surface area (TPSA) is 176 Å². The molecule has 13 nitrogen and oxygen atoms in total. The lowest BCUT2D eigenvalue weighted by Gasteiger charge is -2.44. The van der Waals surface area contributed by atoms with Crippen LogP contribution in [0.1, 0.15) is 148 Å². The third-order valence-electron chi connectivity index (χ3n) is 14.0. The van der Waals surface area contributed by atoms with Crippen molar-refractivity contribution in [1.82, 2.24) is 9.97 Å². The molecule has 5 aliphatic rings. The predicted molar refractivity (Wildman–Crippen MR) is 258 cm³/mol. The Labute approximate surface area is 404 Å². The number of aromatic nitrogens is 2. The van der Waals surface area contributed by atoms with Crippen LogP contribution in [0.15, 0.2) is 80.0 Å². The zero-order chi connectivity index (χ0) is 47.8. The zero-order valence-corrected chi connectivity index (χ0v) is 41.7. The van der Waals surface area contributed by atoms with E-state index >= 15 is 0 Å². The number of allylic oxidation sites excluding steroid dienone is 4. The third kappa shape index (κ3) is 14.3. The van der Waals surface area contributed by atoms with Gasteiger partial charge in [0.25, 0.3) is 0 Å². The Morgan fingerprint density at radius 3 is 2.63 bits per heavy atom. The van der Waals surface area contributed by atoms with Crippen molar-refractivity contribution in [3.8, 4) is 0 Å². The maximum absolute atomic E-state index is 13.6. The number of aliphatic hydroxyl groups is 3. The molecule has 0 saturated carbocycles. The van der Waals surface area contributed by atoms with E-state index in [-0.39, 0.29) is 61.0 Å². The van der Waals surface area contributed by atoms with Gasteiger partial charge in [0.05, 0.1) is 55.3 Å². The minimum absolute atomic E-state index is 0.0132. The van der Waals surface area contributed by atoms with E-state index in [1.165, 1.54) is 0 Å². The first-order chi connectivity index (χ1) is 32.0. The molecule has 3 N–H and O–H groups in total. The molecular weight excluding hydrogens is 920 g/mol. The smallest absolute Gasteiger partial charge is 0.306 e. The van der Waals surface area contributed by atoms with Gasteiger partial charge < -0.3 is 47.8 Å². The van der Waals surface area contributed by atoms with Gasteiger partial charge in [-0.2, -0.15) is 0 Å². The van der Waals surface area contributed by atoms with Crippen molar-refractivity contribution in [3.05, 3.63) is 94.4 Å². The second-order valence-corrected chi connectivity index (χ2v) is 20.8. The first-order valence-electron chi connectivity index (χ1n) is 24.5. The highest BCUT2D eigenvalue weighted by molar-refractivity contribution is 9.11. The number of oxazole rings is 2. The van der Waals surface area contributed by atoms with Crippen LogP contribution >= 0.6 is 15.9 Å². The zero-order valence-electron chi connectivity index (χ0n) is 40.1. The molecule has 0 spiro atoms. The van der Waals surface area contributed by atoms with Crippen molar-refractivity contribution < 1.29 is 52.6 Å². The first kappa shape index (κ1) is 51.4. The number of nitrogens with zero attached hydrogens (tertiary/aromatic N) is 2. The molecule has 0 amide bonds. The van der Waals surface area contributed by atoms with Gasteiger partial charge in [-0.05, 0) is 99.8 Å². The fourth-order valence-corrected chi connectivity index (χ4v) is 10.9. The Balaban J connectivity index is 1.05. The molecule has 14 heteroatoms. The van der Waals surface area contributed by atoms with E-state index < -0.39 is 42.4 Å². The summed E-state index contributed by atoms with van der Waals surface area (Å²) < 4.78 is 44.3. The van der Waals surface area contributed by atoms with Crippen molar-refractivity contribution in [2.75, 3.05) is 0 Å². The quantitative estimate of drug-likeness (QED) is 0.117. The molecule has 5 aliphatic heterocycles. The van der Waals surface area contributed by atoms with Crippen LogP contribution in [0.5, 0.6) is 0 Å². The van der Waals surface area contributed by atoms with Gasteiger partial charge in [0, 0.05) is 37.5 Å². The van der Waals surface area contributed by atoms with E-state index in [0.717, 1.165) is 36.0 Å². The number of carbonyl (C=O) groups excluding carboxylic acids is 1. The number of aliphatic hydroxyl groups excluding tert-OH is 2. The van der Waals surface area contributed by atoms with Gasteiger partial charge in [-0.15, -0.1) is 0 Å². The standard InChI is InChI=1S/C53H73BrN2O11/c1-31(11-10-18-54)16-17-32(2)21-44(58)47-22-34(4)27-53(60,67-47)28-49-55-38(29-61-49)23-35(5)51-37(7)52-36(6)45(65-51)13-9-14-48-56-43(30-62-48)46-25-39(57)24-42(64-46)26-41-20-33(3)19-40(63-41)12-8-15-50(59)66-52/h9-10,14,16-18,21,23,29-31,34,36-37,39-42,44-47,51-52,57-58,60H,3,8,11-13,15,19-20,22,24-28H2,1-2,4-7H3/b14-9+,17-16+,18-10+,32-21+,35-23+/t31-,34-,36+,37+,39-,40+,41-,42+,44-,45-,46-,47-,51+,52+,53+/m1/s1. The third-order valence-corrected chi connectivity index (χ3v) is 14.4. The van der Waals surface area contributed by atoms with Gasteiger partial charge in [0.2, 0.25) is 5.89 Å². The summed E-state index contributed by atoms with van der Waals surface area (Å²) in [5, 5.41) is 33.8. The number of hydrogen-bond donors (Lipinski definition) is 3. The number of fused-ring (bicyclic) bond motifs is 9. The van der Waals surface area contributed by atoms with Crippen LogP contribution in [-0.2, 0) is 34.9 Å². The molecule has 15 atom stereocenters. The molecule has 0 radical (unpaired) electrons. The predicted octanol–water partition coefficient (Wildman–Crippen LogP) is 10.2. The summed E-state index contributed by atoms with van der Waals surface area (Å²) in [5.74, 6) is -0.979. The largest absolute Gasteiger partial charge is 0.462 e. The first-order valence-corrected chi connectivity index (χ1v) is 25.4. The molecule has 4 fully saturated rings. The van der Waals surface area contributed by atoms with Gasteiger partial charge in [0.15, 0.2) is 11.7 Å². The average molecular weight is 994 g/mol. The van der Waals surface area contributed by atoms with Crippen LogP contribution in [0.2, 0.25) is 0 Å². The van der Waals surface area contributed by atoms with E-state index in [1.807, 2.05) is 50.1 Å². The van der Waals surface area contributed by atoms with E-state index in [1.54, 1.807) is 18.6 Å². The van der Waals surface area contributed by atoms with Gasteiger partial charge >= 0.3 is 5.97 Å². The molecule has 0 aromatic carbocycles. The van der Waals surface area contributed by atoms with Gasteiger partial charge in [-0.3, -0.25) is 4.79 Å². The van der Waals surface area contributed by atoms with Crippen molar-refractivity contribution in [1.29, 1.82) is 0 Å². The van der Waals surface area contributed by atoms with Crippen molar-refractivity contribution >= 4 is 34.1 Å². The summed E-state index contributed by atoms with van der Waals surface area (Å²) in [6.45, 7) is 16.5. The fourth-order valence-electron chi connectivity index (χ4n) is 10.7. The monoisotopic (exact) mass is 992 g/mol. The second-order valence-electron chi connectivity index (χ2n) is 20.3. The highest BCUT2D eigenvalue weighted by atomic mass is 79.9. The number of esters is 1. The maximum atomic E-state index is 13.6. The Morgan fingerprint density at radius 2 is 1.82 bits per heavy atom. The molecule has 67 heavy (non-hydrogen) atoms.